The summed E-state index contributed by atoms with van der Waals surface area (Å²) in [6.07, 6.45) is -2.62. The van der Waals surface area contributed by atoms with Crippen LogP contribution in [0, 0.1) is 5.92 Å². The van der Waals surface area contributed by atoms with Crippen LogP contribution in [0.25, 0.3) is 11.3 Å². The molecular formula is C20H21F3N2O3. The molecule has 0 spiro atoms. The number of hydrogen-bond donors (Lipinski definition) is 1. The van der Waals surface area contributed by atoms with Gasteiger partial charge in [0.05, 0.1) is 0 Å². The normalized spacial score (nSPS) is 26.9. The minimum atomic E-state index is -4.76. The number of fused-ring (bicyclic) bond motifs is 3. The lowest BCUT2D eigenvalue weighted by Crippen LogP contribution is -2.62. The van der Waals surface area contributed by atoms with E-state index in [4.69, 9.17) is 4.42 Å². The van der Waals surface area contributed by atoms with Crippen molar-refractivity contribution in [1.82, 2.24) is 10.2 Å². The first-order valence-corrected chi connectivity index (χ1v) is 9.31. The summed E-state index contributed by atoms with van der Waals surface area (Å²) >= 11 is 0. The van der Waals surface area contributed by atoms with Crippen LogP contribution in [0.5, 0.6) is 5.75 Å². The molecule has 0 unspecified atom stereocenters. The lowest BCUT2D eigenvalue weighted by atomic mass is 9.79. The number of carbonyl (C=O) groups excluding carboxylic acids is 1. The van der Waals surface area contributed by atoms with Crippen LogP contribution in [0.2, 0.25) is 0 Å². The fourth-order valence-corrected chi connectivity index (χ4v) is 4.23. The average Bonchev–Trinajstić information content (AvgIpc) is 3.14. The Morgan fingerprint density at radius 2 is 1.96 bits per heavy atom. The van der Waals surface area contributed by atoms with Crippen molar-refractivity contribution in [3.63, 3.8) is 0 Å². The zero-order chi connectivity index (χ0) is 19.9. The topological polar surface area (TPSA) is 54.7 Å². The fraction of sp³-hybridized carbons (Fsp3) is 0.450. The van der Waals surface area contributed by atoms with E-state index in [0.29, 0.717) is 17.2 Å². The molecule has 2 bridgehead atoms. The third kappa shape index (κ3) is 3.87. The molecular weight excluding hydrogens is 373 g/mol. The van der Waals surface area contributed by atoms with Gasteiger partial charge in [0.1, 0.15) is 11.5 Å². The Balaban J connectivity index is 1.47. The maximum absolute atomic E-state index is 12.6. The summed E-state index contributed by atoms with van der Waals surface area (Å²) in [5.74, 6) is 0.267. The van der Waals surface area contributed by atoms with Gasteiger partial charge in [-0.2, -0.15) is 0 Å². The Morgan fingerprint density at radius 3 is 2.64 bits per heavy atom. The Hall–Kier alpha value is -2.48. The third-order valence-corrected chi connectivity index (χ3v) is 5.66. The van der Waals surface area contributed by atoms with E-state index in [0.717, 1.165) is 25.9 Å². The van der Waals surface area contributed by atoms with Gasteiger partial charge in [-0.3, -0.25) is 9.69 Å². The lowest BCUT2D eigenvalue weighted by Gasteiger charge is -2.49. The van der Waals surface area contributed by atoms with Gasteiger partial charge in [0.2, 0.25) is 0 Å². The van der Waals surface area contributed by atoms with E-state index >= 15 is 0 Å². The number of alkyl halides is 3. The van der Waals surface area contributed by atoms with Gasteiger partial charge in [0.15, 0.2) is 5.76 Å². The van der Waals surface area contributed by atoms with E-state index in [1.54, 1.807) is 12.1 Å². The maximum Gasteiger partial charge on any atom is 0.573 e. The Morgan fingerprint density at radius 1 is 1.21 bits per heavy atom. The van der Waals surface area contributed by atoms with E-state index in [1.807, 2.05) is 0 Å². The molecule has 3 fully saturated rings. The Labute approximate surface area is 160 Å². The molecule has 0 radical (unpaired) electrons. The minimum absolute atomic E-state index is 0.0760. The monoisotopic (exact) mass is 394 g/mol. The van der Waals surface area contributed by atoms with Crippen molar-refractivity contribution in [2.24, 2.45) is 5.92 Å². The molecule has 5 rings (SSSR count). The van der Waals surface area contributed by atoms with Crippen LogP contribution in [0.15, 0.2) is 40.8 Å². The van der Waals surface area contributed by atoms with Crippen molar-refractivity contribution < 1.29 is 27.1 Å². The van der Waals surface area contributed by atoms with Crippen LogP contribution in [0.4, 0.5) is 13.2 Å². The lowest BCUT2D eigenvalue weighted by molar-refractivity contribution is -0.274. The zero-order valence-electron chi connectivity index (χ0n) is 15.3. The summed E-state index contributed by atoms with van der Waals surface area (Å²) in [7, 11) is 0. The summed E-state index contributed by atoms with van der Waals surface area (Å²) in [6.45, 7) is 4.26. The van der Waals surface area contributed by atoms with E-state index < -0.39 is 6.36 Å². The first-order valence-electron chi connectivity index (χ1n) is 9.31. The molecule has 1 aromatic heterocycles. The number of carbonyl (C=O) groups is 1. The molecule has 4 heterocycles. The van der Waals surface area contributed by atoms with Crippen molar-refractivity contribution in [2.75, 3.05) is 13.1 Å². The van der Waals surface area contributed by atoms with Crippen molar-refractivity contribution in [3.8, 4) is 17.1 Å². The van der Waals surface area contributed by atoms with Crippen LogP contribution in [-0.4, -0.2) is 42.3 Å². The zero-order valence-corrected chi connectivity index (χ0v) is 15.3. The second kappa shape index (κ2) is 7.16. The Bertz CT molecular complexity index is 854. The number of hydrogen-bond acceptors (Lipinski definition) is 4. The second-order valence-corrected chi connectivity index (χ2v) is 7.35. The quantitative estimate of drug-likeness (QED) is 0.850. The van der Waals surface area contributed by atoms with E-state index in [9.17, 15) is 18.0 Å². The molecule has 150 valence electrons. The smallest absolute Gasteiger partial charge is 0.451 e. The predicted octanol–water partition coefficient (Wildman–Crippen LogP) is 4.06. The highest BCUT2D eigenvalue weighted by molar-refractivity contribution is 5.92. The van der Waals surface area contributed by atoms with Crippen LogP contribution < -0.4 is 10.1 Å². The summed E-state index contributed by atoms with van der Waals surface area (Å²) in [4.78, 5) is 15.0. The average molecular weight is 394 g/mol. The van der Waals surface area contributed by atoms with E-state index in [-0.39, 0.29) is 29.5 Å². The SMILES string of the molecule is C[C@H]1[C@H](NC(=O)c2ccc(-c3cccc(OC(F)(F)F)c3)o2)C2CCN1CC2. The highest BCUT2D eigenvalue weighted by atomic mass is 19.4. The summed E-state index contributed by atoms with van der Waals surface area (Å²) < 4.78 is 46.7. The van der Waals surface area contributed by atoms with Crippen molar-refractivity contribution in [2.45, 2.75) is 38.2 Å². The van der Waals surface area contributed by atoms with Crippen LogP contribution in [-0.2, 0) is 0 Å². The van der Waals surface area contributed by atoms with Gasteiger partial charge in [0.25, 0.3) is 5.91 Å². The van der Waals surface area contributed by atoms with Gasteiger partial charge in [-0.05, 0) is 63.0 Å². The molecule has 28 heavy (non-hydrogen) atoms. The molecule has 3 aliphatic heterocycles. The summed E-state index contributed by atoms with van der Waals surface area (Å²) in [5.41, 5.74) is 0.400. The molecule has 1 N–H and O–H groups in total. The molecule has 3 saturated heterocycles. The summed E-state index contributed by atoms with van der Waals surface area (Å²) in [5, 5.41) is 3.08. The highest BCUT2D eigenvalue weighted by Gasteiger charge is 2.40. The first kappa shape index (κ1) is 18.9. The highest BCUT2D eigenvalue weighted by Crippen LogP contribution is 2.33. The van der Waals surface area contributed by atoms with Crippen molar-refractivity contribution in [1.29, 1.82) is 0 Å². The summed E-state index contributed by atoms with van der Waals surface area (Å²) in [6, 6.07) is 8.93. The molecule has 1 amide bonds. The number of nitrogens with zero attached hydrogens (tertiary/aromatic N) is 1. The molecule has 0 aliphatic carbocycles. The van der Waals surface area contributed by atoms with Gasteiger partial charge < -0.3 is 14.5 Å². The largest absolute Gasteiger partial charge is 0.573 e. The van der Waals surface area contributed by atoms with Gasteiger partial charge in [-0.1, -0.05) is 12.1 Å². The molecule has 3 aliphatic rings. The Kier molecular flexibility index (Phi) is 4.82. The van der Waals surface area contributed by atoms with Crippen LogP contribution in [0.1, 0.15) is 30.3 Å². The van der Waals surface area contributed by atoms with Gasteiger partial charge >= 0.3 is 6.36 Å². The number of piperidine rings is 3. The number of ether oxygens (including phenoxy) is 1. The van der Waals surface area contributed by atoms with Crippen LogP contribution >= 0.6 is 0 Å². The number of benzene rings is 1. The van der Waals surface area contributed by atoms with Gasteiger partial charge in [-0.25, -0.2) is 0 Å². The molecule has 8 heteroatoms. The van der Waals surface area contributed by atoms with Gasteiger partial charge in [0, 0.05) is 17.6 Å². The number of halogens is 3. The predicted molar refractivity (Wildman–Crippen MR) is 95.8 cm³/mol. The molecule has 0 saturated carbocycles. The van der Waals surface area contributed by atoms with E-state index in [2.05, 4.69) is 21.9 Å². The minimum Gasteiger partial charge on any atom is -0.451 e. The number of furan rings is 1. The number of nitrogens with one attached hydrogen (secondary N) is 1. The molecule has 1 aromatic carbocycles. The van der Waals surface area contributed by atoms with Crippen LogP contribution in [0.3, 0.4) is 0 Å². The fourth-order valence-electron chi connectivity index (χ4n) is 4.23. The molecule has 2 atom stereocenters. The van der Waals surface area contributed by atoms with Crippen molar-refractivity contribution >= 4 is 5.91 Å². The molecule has 5 nitrogen and oxygen atoms in total. The maximum atomic E-state index is 12.6. The second-order valence-electron chi connectivity index (χ2n) is 7.35. The van der Waals surface area contributed by atoms with E-state index in [1.165, 1.54) is 24.3 Å². The standard InChI is InChI=1S/C20H21F3N2O3/c1-12-18(13-7-9-25(12)10-8-13)24-19(26)17-6-5-16(27-17)14-3-2-4-15(11-14)28-20(21,22)23/h2-6,11-13,18H,7-10H2,1H3,(H,24,26)/t12-,18-/m0/s1. The van der Waals surface area contributed by atoms with Crippen molar-refractivity contribution in [3.05, 3.63) is 42.2 Å². The third-order valence-electron chi connectivity index (χ3n) is 5.66. The number of rotatable bonds is 4. The first-order chi connectivity index (χ1) is 13.3. The molecule has 2 aromatic rings. The number of amides is 1. The van der Waals surface area contributed by atoms with Gasteiger partial charge in [-0.15, -0.1) is 13.2 Å².